The molecule has 1 atom stereocenters. The molecule has 0 radical (unpaired) electrons. The smallest absolute Gasteiger partial charge is 1.00 e. The van der Waals surface area contributed by atoms with E-state index in [1.165, 1.54) is 0 Å². The molecule has 2 rings (SSSR count). The molecule has 0 aromatic rings. The number of halogens is 2. The first-order valence-electron chi connectivity index (χ1n) is 5.42. The quantitative estimate of drug-likeness (QED) is 0.359. The molecule has 0 heterocycles. The number of hydrogen-bond acceptors (Lipinski definition) is 0. The standard InChI is InChI=1S/C9H13Si.C5H5.2ClH.Zr/c1-3-8(2)10-9-6-4-5-7-9;1-2-4-5-3-1;;;/h3-6,9H,10H2,1-2H3;1-3H,4H2;2*1H;/q2*-1;;;+4/p-2/b8-3+;;;;. The zero-order chi connectivity index (χ0) is 10.9. The van der Waals surface area contributed by atoms with Crippen LogP contribution < -0.4 is 24.8 Å². The molecular formula is C14H18Cl2SiZr. The normalized spacial score (nSPS) is 19.0. The van der Waals surface area contributed by atoms with Gasteiger partial charge in [-0.15, -0.1) is 12.0 Å². The third-order valence-electron chi connectivity index (χ3n) is 2.37. The average molecular weight is 377 g/mol. The van der Waals surface area contributed by atoms with Gasteiger partial charge in [0, 0.05) is 9.52 Å². The van der Waals surface area contributed by atoms with Crippen LogP contribution in [0.5, 0.6) is 0 Å². The van der Waals surface area contributed by atoms with Crippen molar-refractivity contribution in [1.82, 2.24) is 0 Å². The predicted octanol–water partition coefficient (Wildman–Crippen LogP) is -2.89. The molecule has 2 aliphatic carbocycles. The van der Waals surface area contributed by atoms with E-state index in [2.05, 4.69) is 50.3 Å². The molecule has 4 heteroatoms. The summed E-state index contributed by atoms with van der Waals surface area (Å²) in [5, 5.41) is 1.58. The molecule has 0 saturated heterocycles. The molecule has 0 nitrogen and oxygen atoms in total. The fraction of sp³-hybridized carbons (Fsp3) is 0.286. The van der Waals surface area contributed by atoms with Crippen molar-refractivity contribution in [2.75, 3.05) is 0 Å². The Labute approximate surface area is 145 Å². The van der Waals surface area contributed by atoms with Crippen LogP contribution in [0.2, 0.25) is 5.54 Å². The molecule has 18 heavy (non-hydrogen) atoms. The Hall–Kier alpha value is 0.380. The number of rotatable bonds is 2. The van der Waals surface area contributed by atoms with Gasteiger partial charge in [0.25, 0.3) is 0 Å². The Balaban J connectivity index is -0.000000245. The topological polar surface area (TPSA) is 0 Å². The second-order valence-electron chi connectivity index (χ2n) is 3.67. The monoisotopic (exact) mass is 374 g/mol. The average Bonchev–Trinajstić information content (AvgIpc) is 2.92. The fourth-order valence-corrected chi connectivity index (χ4v) is 2.83. The van der Waals surface area contributed by atoms with Crippen LogP contribution in [-0.4, -0.2) is 9.52 Å². The van der Waals surface area contributed by atoms with E-state index in [1.54, 1.807) is 5.20 Å². The number of hydrogen-bond donors (Lipinski definition) is 0. The second-order valence-corrected chi connectivity index (χ2v) is 6.07. The van der Waals surface area contributed by atoms with E-state index < -0.39 is 0 Å². The molecule has 0 amide bonds. The molecule has 2 aliphatic rings. The Morgan fingerprint density at radius 1 is 1.28 bits per heavy atom. The van der Waals surface area contributed by atoms with E-state index in [0.29, 0.717) is 5.54 Å². The largest absolute Gasteiger partial charge is 4.00 e. The van der Waals surface area contributed by atoms with Crippen LogP contribution in [0.3, 0.4) is 0 Å². The van der Waals surface area contributed by atoms with Gasteiger partial charge in [-0.1, -0.05) is 11.3 Å². The van der Waals surface area contributed by atoms with Gasteiger partial charge in [0.2, 0.25) is 0 Å². The van der Waals surface area contributed by atoms with Gasteiger partial charge in [0.1, 0.15) is 0 Å². The minimum atomic E-state index is -0.0559. The van der Waals surface area contributed by atoms with Crippen molar-refractivity contribution in [2.45, 2.75) is 25.8 Å². The molecule has 0 aromatic carbocycles. The summed E-state index contributed by atoms with van der Waals surface area (Å²) in [7, 11) is -0.0559. The van der Waals surface area contributed by atoms with Crippen molar-refractivity contribution < 1.29 is 51.0 Å². The third-order valence-corrected chi connectivity index (χ3v) is 4.37. The molecular weight excluding hydrogens is 358 g/mol. The summed E-state index contributed by atoms with van der Waals surface area (Å²) in [5.41, 5.74) is 0.677. The second kappa shape index (κ2) is 15.4. The van der Waals surface area contributed by atoms with Gasteiger partial charge in [-0.05, 0) is 13.8 Å². The molecule has 0 saturated carbocycles. The van der Waals surface area contributed by atoms with Gasteiger partial charge in [0.05, 0.1) is 0 Å². The Kier molecular flexibility index (Phi) is 20.1. The van der Waals surface area contributed by atoms with Crippen LogP contribution in [0.25, 0.3) is 0 Å². The van der Waals surface area contributed by atoms with Crippen LogP contribution in [0, 0.1) is 12.2 Å². The molecule has 0 bridgehead atoms. The number of allylic oxidation sites excluding steroid dienone is 10. The molecule has 96 valence electrons. The minimum Gasteiger partial charge on any atom is -1.00 e. The van der Waals surface area contributed by atoms with Crippen molar-refractivity contribution in [1.29, 1.82) is 0 Å². The first-order valence-corrected chi connectivity index (χ1v) is 6.95. The van der Waals surface area contributed by atoms with E-state index in [0.717, 1.165) is 6.42 Å². The maximum absolute atomic E-state index is 3.31. The first-order chi connectivity index (χ1) is 7.33. The van der Waals surface area contributed by atoms with Gasteiger partial charge < -0.3 is 24.8 Å². The van der Waals surface area contributed by atoms with Crippen LogP contribution in [0.1, 0.15) is 20.3 Å². The SMILES string of the molecule is C/C=C(\C)[SiH2]C1[C-]=CC=C1.[C-]1=CC=CC1.[Cl-].[Cl-].[Zr+4]. The molecule has 0 N–H and O–H groups in total. The summed E-state index contributed by atoms with van der Waals surface area (Å²) in [4.78, 5) is 0. The molecule has 0 aromatic heterocycles. The van der Waals surface area contributed by atoms with E-state index in [4.69, 9.17) is 0 Å². The maximum Gasteiger partial charge on any atom is 4.00 e. The molecule has 0 fully saturated rings. The van der Waals surface area contributed by atoms with Crippen LogP contribution in [0.15, 0.2) is 47.7 Å². The zero-order valence-electron chi connectivity index (χ0n) is 10.8. The summed E-state index contributed by atoms with van der Waals surface area (Å²) in [6.45, 7) is 4.34. The van der Waals surface area contributed by atoms with E-state index in [1.807, 2.05) is 18.2 Å². The Bertz CT molecular complexity index is 309. The van der Waals surface area contributed by atoms with Crippen molar-refractivity contribution in [2.24, 2.45) is 0 Å². The molecule has 0 aliphatic heterocycles. The molecule has 0 spiro atoms. The van der Waals surface area contributed by atoms with Gasteiger partial charge in [-0.3, -0.25) is 12.2 Å². The maximum atomic E-state index is 3.31. The van der Waals surface area contributed by atoms with Crippen LogP contribution >= 0.6 is 0 Å². The first kappa shape index (κ1) is 23.5. The Morgan fingerprint density at radius 3 is 2.33 bits per heavy atom. The van der Waals surface area contributed by atoms with Crippen LogP contribution in [0.4, 0.5) is 0 Å². The predicted molar refractivity (Wildman–Crippen MR) is 70.2 cm³/mol. The van der Waals surface area contributed by atoms with Crippen molar-refractivity contribution in [3.63, 3.8) is 0 Å². The molecule has 1 unspecified atom stereocenters. The summed E-state index contributed by atoms with van der Waals surface area (Å²) in [5.74, 6) is 0. The van der Waals surface area contributed by atoms with Crippen molar-refractivity contribution in [3.05, 3.63) is 59.9 Å². The van der Waals surface area contributed by atoms with E-state index in [-0.39, 0.29) is 60.5 Å². The van der Waals surface area contributed by atoms with Crippen LogP contribution in [-0.2, 0) is 26.2 Å². The summed E-state index contributed by atoms with van der Waals surface area (Å²) in [6, 6.07) is 0. The Morgan fingerprint density at radius 2 is 2.00 bits per heavy atom. The van der Waals surface area contributed by atoms with Gasteiger partial charge in [-0.2, -0.15) is 12.2 Å². The summed E-state index contributed by atoms with van der Waals surface area (Å²) in [6.07, 6.45) is 21.9. The minimum absolute atomic E-state index is 0. The van der Waals surface area contributed by atoms with E-state index >= 15 is 0 Å². The third kappa shape index (κ3) is 11.5. The zero-order valence-corrected chi connectivity index (χ0v) is 16.2. The van der Waals surface area contributed by atoms with Crippen molar-refractivity contribution >= 4 is 9.52 Å². The van der Waals surface area contributed by atoms with E-state index in [9.17, 15) is 0 Å². The fourth-order valence-electron chi connectivity index (χ4n) is 1.36. The van der Waals surface area contributed by atoms with Gasteiger partial charge >= 0.3 is 26.2 Å². The van der Waals surface area contributed by atoms with Gasteiger partial charge in [-0.25, -0.2) is 24.3 Å². The van der Waals surface area contributed by atoms with Gasteiger partial charge in [0.15, 0.2) is 0 Å². The summed E-state index contributed by atoms with van der Waals surface area (Å²) < 4.78 is 0. The summed E-state index contributed by atoms with van der Waals surface area (Å²) >= 11 is 0. The van der Waals surface area contributed by atoms with Crippen molar-refractivity contribution in [3.8, 4) is 0 Å².